The van der Waals surface area contributed by atoms with Crippen LogP contribution >= 0.6 is 11.3 Å². The molecule has 0 aliphatic heterocycles. The van der Waals surface area contributed by atoms with Crippen LogP contribution in [-0.2, 0) is 9.59 Å². The second-order valence-electron chi connectivity index (χ2n) is 7.49. The zero-order chi connectivity index (χ0) is 21.5. The third-order valence-electron chi connectivity index (χ3n) is 4.97. The molecule has 2 atom stereocenters. The molecule has 3 aromatic rings. The van der Waals surface area contributed by atoms with E-state index in [2.05, 4.69) is 28.8 Å². The Labute approximate surface area is 181 Å². The van der Waals surface area contributed by atoms with Gasteiger partial charge >= 0.3 is 0 Å². The number of quaternary nitrogens is 1. The van der Waals surface area contributed by atoms with E-state index in [1.54, 1.807) is 18.4 Å². The van der Waals surface area contributed by atoms with Gasteiger partial charge in [-0.15, -0.1) is 11.3 Å². The molecule has 1 aromatic heterocycles. The summed E-state index contributed by atoms with van der Waals surface area (Å²) < 4.78 is 0. The number of likely N-dealkylation sites (N-methyl/N-ethyl adjacent to an activating group) is 1. The molecule has 2 amide bonds. The van der Waals surface area contributed by atoms with Gasteiger partial charge in [0.1, 0.15) is 6.04 Å². The first-order chi connectivity index (χ1) is 14.4. The molecule has 3 rings (SSSR count). The summed E-state index contributed by atoms with van der Waals surface area (Å²) in [6.45, 7) is 3.90. The molecule has 0 aliphatic rings. The minimum Gasteiger partial charge on any atom is -0.331 e. The van der Waals surface area contributed by atoms with Gasteiger partial charge in [-0.25, -0.2) is 0 Å². The fourth-order valence-electron chi connectivity index (χ4n) is 3.35. The van der Waals surface area contributed by atoms with Gasteiger partial charge in [-0.3, -0.25) is 9.59 Å². The summed E-state index contributed by atoms with van der Waals surface area (Å²) in [7, 11) is 1.67. The molecular formula is C24H28N3O2S+. The first-order valence-electron chi connectivity index (χ1n) is 9.99. The van der Waals surface area contributed by atoms with E-state index in [-0.39, 0.29) is 30.4 Å². The molecule has 0 spiro atoms. The lowest BCUT2D eigenvalue weighted by Crippen LogP contribution is -2.92. The van der Waals surface area contributed by atoms with Crippen molar-refractivity contribution in [3.8, 4) is 0 Å². The number of hydrogen-bond donors (Lipinski definition) is 2. The van der Waals surface area contributed by atoms with Crippen LogP contribution in [0.4, 0.5) is 5.69 Å². The zero-order valence-corrected chi connectivity index (χ0v) is 18.4. The van der Waals surface area contributed by atoms with Gasteiger partial charge in [0.2, 0.25) is 5.91 Å². The SMILES string of the molecule is Cc1ccc(NC(=O)CN(C)C(=O)[C@@H](C)[NH2+][C@H](c2ccccc2)c2cccs2)cc1. The molecule has 0 fully saturated rings. The average Bonchev–Trinajstić information content (AvgIpc) is 3.28. The van der Waals surface area contributed by atoms with Crippen molar-refractivity contribution in [2.75, 3.05) is 18.9 Å². The number of nitrogens with one attached hydrogen (secondary N) is 1. The minimum atomic E-state index is -0.325. The fourth-order valence-corrected chi connectivity index (χ4v) is 4.18. The van der Waals surface area contributed by atoms with E-state index >= 15 is 0 Å². The predicted molar refractivity (Wildman–Crippen MR) is 121 cm³/mol. The normalized spacial score (nSPS) is 12.8. The summed E-state index contributed by atoms with van der Waals surface area (Å²) in [6.07, 6.45) is 0. The Morgan fingerprint density at radius 2 is 1.73 bits per heavy atom. The standard InChI is InChI=1S/C24H27N3O2S/c1-17-11-13-20(14-12-17)26-22(28)16-27(3)24(29)18(2)25-23(21-10-7-15-30-21)19-8-5-4-6-9-19/h4-15,18,23,25H,16H2,1-3H3,(H,26,28)/p+1/t18-,23-/m1/s1. The van der Waals surface area contributed by atoms with E-state index in [0.29, 0.717) is 0 Å². The van der Waals surface area contributed by atoms with Crippen molar-refractivity contribution in [3.05, 3.63) is 88.1 Å². The van der Waals surface area contributed by atoms with Crippen LogP contribution in [0.5, 0.6) is 0 Å². The molecule has 0 saturated carbocycles. The molecule has 1 heterocycles. The first-order valence-corrected chi connectivity index (χ1v) is 10.9. The maximum atomic E-state index is 12.9. The van der Waals surface area contributed by atoms with Crippen LogP contribution in [0.15, 0.2) is 72.1 Å². The van der Waals surface area contributed by atoms with Gasteiger partial charge in [-0.2, -0.15) is 0 Å². The highest BCUT2D eigenvalue weighted by molar-refractivity contribution is 7.10. The maximum absolute atomic E-state index is 12.9. The highest BCUT2D eigenvalue weighted by atomic mass is 32.1. The Morgan fingerprint density at radius 3 is 2.37 bits per heavy atom. The van der Waals surface area contributed by atoms with Crippen LogP contribution in [0.1, 0.15) is 29.0 Å². The second kappa shape index (κ2) is 10.2. The van der Waals surface area contributed by atoms with Crippen LogP contribution in [0.3, 0.4) is 0 Å². The summed E-state index contributed by atoms with van der Waals surface area (Å²) in [5, 5.41) is 6.96. The Hall–Kier alpha value is -2.96. The number of carbonyl (C=O) groups excluding carboxylic acids is 2. The molecular weight excluding hydrogens is 394 g/mol. The number of aryl methyl sites for hydroxylation is 1. The van der Waals surface area contributed by atoms with Crippen LogP contribution < -0.4 is 10.6 Å². The third-order valence-corrected chi connectivity index (χ3v) is 5.93. The number of hydrogen-bond acceptors (Lipinski definition) is 3. The minimum absolute atomic E-state index is 0.0138. The Bertz CT molecular complexity index is 956. The molecule has 0 unspecified atom stereocenters. The van der Waals surface area contributed by atoms with E-state index in [4.69, 9.17) is 0 Å². The summed E-state index contributed by atoms with van der Waals surface area (Å²) >= 11 is 1.68. The van der Waals surface area contributed by atoms with Gasteiger partial charge in [-0.1, -0.05) is 54.1 Å². The van der Waals surface area contributed by atoms with Crippen LogP contribution in [-0.4, -0.2) is 36.3 Å². The molecule has 0 radical (unpaired) electrons. The average molecular weight is 423 g/mol. The van der Waals surface area contributed by atoms with E-state index in [0.717, 1.165) is 16.8 Å². The highest BCUT2D eigenvalue weighted by Gasteiger charge is 2.28. The van der Waals surface area contributed by atoms with Gasteiger partial charge in [0.15, 0.2) is 6.04 Å². The van der Waals surface area contributed by atoms with Gasteiger partial charge < -0.3 is 15.5 Å². The van der Waals surface area contributed by atoms with Crippen LogP contribution in [0, 0.1) is 6.92 Å². The van der Waals surface area contributed by atoms with Gasteiger partial charge in [0, 0.05) is 18.3 Å². The number of carbonyl (C=O) groups is 2. The van der Waals surface area contributed by atoms with Gasteiger partial charge in [0.05, 0.1) is 11.4 Å². The molecule has 3 N–H and O–H groups in total. The van der Waals surface area contributed by atoms with Crippen molar-refractivity contribution in [1.82, 2.24) is 4.90 Å². The van der Waals surface area contributed by atoms with Crippen molar-refractivity contribution in [3.63, 3.8) is 0 Å². The number of anilines is 1. The zero-order valence-electron chi connectivity index (χ0n) is 17.5. The van der Waals surface area contributed by atoms with Crippen molar-refractivity contribution in [2.24, 2.45) is 0 Å². The summed E-state index contributed by atoms with van der Waals surface area (Å²) in [5.41, 5.74) is 3.01. The summed E-state index contributed by atoms with van der Waals surface area (Å²) in [5.74, 6) is -0.286. The smallest absolute Gasteiger partial charge is 0.280 e. The van der Waals surface area contributed by atoms with Crippen LogP contribution in [0.2, 0.25) is 0 Å². The maximum Gasteiger partial charge on any atom is 0.280 e. The number of nitrogens with zero attached hydrogens (tertiary/aromatic N) is 1. The number of rotatable bonds is 8. The number of thiophene rings is 1. The van der Waals surface area contributed by atoms with Crippen molar-refractivity contribution in [2.45, 2.75) is 25.9 Å². The molecule has 0 bridgehead atoms. The molecule has 2 aromatic carbocycles. The van der Waals surface area contributed by atoms with Crippen LogP contribution in [0.25, 0.3) is 0 Å². The first kappa shape index (κ1) is 21.7. The van der Waals surface area contributed by atoms with E-state index in [1.165, 1.54) is 9.78 Å². The van der Waals surface area contributed by atoms with E-state index in [9.17, 15) is 9.59 Å². The lowest BCUT2D eigenvalue weighted by molar-refractivity contribution is -0.704. The number of benzene rings is 2. The van der Waals surface area contributed by atoms with Gasteiger partial charge in [-0.05, 0) is 37.4 Å². The molecule has 0 saturated heterocycles. The molecule has 156 valence electrons. The Kier molecular flexibility index (Phi) is 7.38. The van der Waals surface area contributed by atoms with E-state index < -0.39 is 0 Å². The summed E-state index contributed by atoms with van der Waals surface area (Å²) in [6, 6.07) is 21.6. The monoisotopic (exact) mass is 422 g/mol. The number of amides is 2. The second-order valence-corrected chi connectivity index (χ2v) is 8.47. The molecule has 6 heteroatoms. The van der Waals surface area contributed by atoms with E-state index in [1.807, 2.05) is 67.8 Å². The fraction of sp³-hybridized carbons (Fsp3) is 0.250. The largest absolute Gasteiger partial charge is 0.331 e. The van der Waals surface area contributed by atoms with Gasteiger partial charge in [0.25, 0.3) is 5.91 Å². The third kappa shape index (κ3) is 5.78. The summed E-state index contributed by atoms with van der Waals surface area (Å²) in [4.78, 5) is 28.0. The molecule has 5 nitrogen and oxygen atoms in total. The lowest BCUT2D eigenvalue weighted by atomic mass is 10.0. The van der Waals surface area contributed by atoms with Crippen molar-refractivity contribution in [1.29, 1.82) is 0 Å². The topological polar surface area (TPSA) is 66.0 Å². The highest BCUT2D eigenvalue weighted by Crippen LogP contribution is 2.22. The Balaban J connectivity index is 1.61. The molecule has 0 aliphatic carbocycles. The number of nitrogens with two attached hydrogens (primary N) is 1. The Morgan fingerprint density at radius 1 is 1.03 bits per heavy atom. The van der Waals surface area contributed by atoms with Crippen molar-refractivity contribution >= 4 is 28.8 Å². The lowest BCUT2D eigenvalue weighted by Gasteiger charge is -2.23. The quantitative estimate of drug-likeness (QED) is 0.586. The van der Waals surface area contributed by atoms with Crippen molar-refractivity contribution < 1.29 is 14.9 Å². The molecule has 30 heavy (non-hydrogen) atoms. The predicted octanol–water partition coefficient (Wildman–Crippen LogP) is 3.19.